The zero-order valence-electron chi connectivity index (χ0n) is 9.92. The molecule has 1 aromatic rings. The average Bonchev–Trinajstić information content (AvgIpc) is 2.27. The van der Waals surface area contributed by atoms with E-state index in [0.717, 1.165) is 12.8 Å². The van der Waals surface area contributed by atoms with Crippen molar-refractivity contribution in [2.24, 2.45) is 0 Å². The first kappa shape index (κ1) is 12.0. The SMILES string of the molecule is CC1(NCC(=O)Nc2ccccc2F)CCC1. The number of benzene rings is 1. The molecule has 1 aliphatic rings. The Morgan fingerprint density at radius 1 is 1.41 bits per heavy atom. The van der Waals surface area contributed by atoms with Crippen LogP contribution in [0.25, 0.3) is 0 Å². The van der Waals surface area contributed by atoms with Crippen LogP contribution < -0.4 is 10.6 Å². The highest BCUT2D eigenvalue weighted by Crippen LogP contribution is 2.30. The van der Waals surface area contributed by atoms with Gasteiger partial charge in [0.1, 0.15) is 5.82 Å². The number of hydrogen-bond acceptors (Lipinski definition) is 2. The lowest BCUT2D eigenvalue weighted by molar-refractivity contribution is -0.116. The number of para-hydroxylation sites is 1. The number of amides is 1. The maximum absolute atomic E-state index is 13.3. The van der Waals surface area contributed by atoms with E-state index in [2.05, 4.69) is 17.6 Å². The number of carbonyl (C=O) groups excluding carboxylic acids is 1. The van der Waals surface area contributed by atoms with Gasteiger partial charge in [0, 0.05) is 5.54 Å². The van der Waals surface area contributed by atoms with Gasteiger partial charge in [-0.1, -0.05) is 12.1 Å². The summed E-state index contributed by atoms with van der Waals surface area (Å²) in [5.74, 6) is -0.612. The van der Waals surface area contributed by atoms with Crippen LogP contribution in [0.3, 0.4) is 0 Å². The van der Waals surface area contributed by atoms with Crippen LogP contribution in [-0.2, 0) is 4.79 Å². The quantitative estimate of drug-likeness (QED) is 0.842. The molecule has 0 atom stereocenters. The first-order valence-electron chi connectivity index (χ1n) is 5.88. The van der Waals surface area contributed by atoms with Crippen LogP contribution in [0.5, 0.6) is 0 Å². The summed E-state index contributed by atoms with van der Waals surface area (Å²) in [4.78, 5) is 11.6. The van der Waals surface area contributed by atoms with E-state index in [1.807, 2.05) is 0 Å². The highest BCUT2D eigenvalue weighted by atomic mass is 19.1. The van der Waals surface area contributed by atoms with Gasteiger partial charge in [0.05, 0.1) is 12.2 Å². The van der Waals surface area contributed by atoms with Gasteiger partial charge >= 0.3 is 0 Å². The number of anilines is 1. The van der Waals surface area contributed by atoms with Crippen molar-refractivity contribution in [2.75, 3.05) is 11.9 Å². The van der Waals surface area contributed by atoms with E-state index in [1.54, 1.807) is 18.2 Å². The molecule has 0 bridgehead atoms. The minimum absolute atomic E-state index is 0.0899. The summed E-state index contributed by atoms with van der Waals surface area (Å²) >= 11 is 0. The molecule has 17 heavy (non-hydrogen) atoms. The Bertz CT molecular complexity index is 416. The van der Waals surface area contributed by atoms with Gasteiger partial charge in [-0.25, -0.2) is 4.39 Å². The summed E-state index contributed by atoms with van der Waals surface area (Å²) < 4.78 is 13.3. The van der Waals surface area contributed by atoms with Crippen molar-refractivity contribution in [3.63, 3.8) is 0 Å². The van der Waals surface area contributed by atoms with Crippen molar-refractivity contribution >= 4 is 11.6 Å². The maximum atomic E-state index is 13.3. The van der Waals surface area contributed by atoms with Gasteiger partial charge in [0.2, 0.25) is 5.91 Å². The van der Waals surface area contributed by atoms with Crippen LogP contribution in [0, 0.1) is 5.82 Å². The summed E-state index contributed by atoms with van der Waals surface area (Å²) in [5, 5.41) is 5.75. The number of halogens is 1. The normalized spacial score (nSPS) is 17.3. The van der Waals surface area contributed by atoms with Gasteiger partial charge in [-0.15, -0.1) is 0 Å². The molecule has 2 rings (SSSR count). The topological polar surface area (TPSA) is 41.1 Å². The second-order valence-electron chi connectivity index (χ2n) is 4.80. The van der Waals surface area contributed by atoms with Crippen molar-refractivity contribution in [3.05, 3.63) is 30.1 Å². The van der Waals surface area contributed by atoms with Crippen LogP contribution in [0.15, 0.2) is 24.3 Å². The molecule has 1 aliphatic carbocycles. The Balaban J connectivity index is 1.83. The van der Waals surface area contributed by atoms with Gasteiger partial charge in [-0.3, -0.25) is 4.79 Å². The predicted octanol–water partition coefficient (Wildman–Crippen LogP) is 2.30. The second kappa shape index (κ2) is 4.84. The van der Waals surface area contributed by atoms with Crippen LogP contribution in [-0.4, -0.2) is 18.0 Å². The van der Waals surface area contributed by atoms with E-state index in [0.29, 0.717) is 0 Å². The molecule has 1 saturated carbocycles. The van der Waals surface area contributed by atoms with Crippen molar-refractivity contribution in [3.8, 4) is 0 Å². The second-order valence-corrected chi connectivity index (χ2v) is 4.80. The summed E-state index contributed by atoms with van der Waals surface area (Å²) in [5.41, 5.74) is 0.324. The molecular formula is C13H17FN2O. The predicted molar refractivity (Wildman–Crippen MR) is 65.3 cm³/mol. The Hall–Kier alpha value is -1.42. The fourth-order valence-electron chi connectivity index (χ4n) is 1.93. The summed E-state index contributed by atoms with van der Waals surface area (Å²) in [7, 11) is 0. The molecule has 0 saturated heterocycles. The highest BCUT2D eigenvalue weighted by Gasteiger charge is 2.31. The van der Waals surface area contributed by atoms with E-state index in [9.17, 15) is 9.18 Å². The molecule has 3 nitrogen and oxygen atoms in total. The Labute approximate surface area is 100 Å². The lowest BCUT2D eigenvalue weighted by atomic mass is 9.78. The number of carbonyl (C=O) groups is 1. The minimum atomic E-state index is -0.407. The molecule has 0 aliphatic heterocycles. The molecule has 4 heteroatoms. The standard InChI is InChI=1S/C13H17FN2O/c1-13(7-4-8-13)15-9-12(17)16-11-6-3-2-5-10(11)14/h2-3,5-6,15H,4,7-9H2,1H3,(H,16,17). The van der Waals surface area contributed by atoms with Crippen LogP contribution in [0.4, 0.5) is 10.1 Å². The minimum Gasteiger partial charge on any atom is -0.322 e. The van der Waals surface area contributed by atoms with E-state index in [-0.39, 0.29) is 23.7 Å². The fraction of sp³-hybridized carbons (Fsp3) is 0.462. The molecule has 0 radical (unpaired) electrons. The first-order valence-corrected chi connectivity index (χ1v) is 5.88. The van der Waals surface area contributed by atoms with E-state index in [4.69, 9.17) is 0 Å². The Morgan fingerprint density at radius 2 is 2.12 bits per heavy atom. The van der Waals surface area contributed by atoms with Gasteiger partial charge in [-0.2, -0.15) is 0 Å². The Morgan fingerprint density at radius 3 is 2.71 bits per heavy atom. The molecule has 0 spiro atoms. The smallest absolute Gasteiger partial charge is 0.238 e. The number of nitrogens with one attached hydrogen (secondary N) is 2. The van der Waals surface area contributed by atoms with Crippen molar-refractivity contribution in [2.45, 2.75) is 31.7 Å². The lowest BCUT2D eigenvalue weighted by Gasteiger charge is -2.39. The highest BCUT2D eigenvalue weighted by molar-refractivity contribution is 5.92. The average molecular weight is 236 g/mol. The van der Waals surface area contributed by atoms with Crippen molar-refractivity contribution < 1.29 is 9.18 Å². The molecular weight excluding hydrogens is 219 g/mol. The third-order valence-electron chi connectivity index (χ3n) is 3.28. The van der Waals surface area contributed by atoms with Crippen LogP contribution in [0.1, 0.15) is 26.2 Å². The zero-order valence-corrected chi connectivity index (χ0v) is 9.92. The molecule has 0 aromatic heterocycles. The maximum Gasteiger partial charge on any atom is 0.238 e. The van der Waals surface area contributed by atoms with Crippen LogP contribution >= 0.6 is 0 Å². The van der Waals surface area contributed by atoms with E-state index >= 15 is 0 Å². The largest absolute Gasteiger partial charge is 0.322 e. The lowest BCUT2D eigenvalue weighted by Crippen LogP contribution is -2.50. The molecule has 1 amide bonds. The first-order chi connectivity index (χ1) is 8.09. The monoisotopic (exact) mass is 236 g/mol. The molecule has 92 valence electrons. The fourth-order valence-corrected chi connectivity index (χ4v) is 1.93. The summed E-state index contributed by atoms with van der Waals surface area (Å²) in [6.45, 7) is 2.33. The molecule has 1 aromatic carbocycles. The third-order valence-corrected chi connectivity index (χ3v) is 3.28. The van der Waals surface area contributed by atoms with Crippen molar-refractivity contribution in [1.82, 2.24) is 5.32 Å². The zero-order chi connectivity index (χ0) is 12.3. The van der Waals surface area contributed by atoms with E-state index < -0.39 is 5.82 Å². The number of rotatable bonds is 4. The van der Waals surface area contributed by atoms with E-state index in [1.165, 1.54) is 12.5 Å². The third kappa shape index (κ3) is 3.03. The molecule has 2 N–H and O–H groups in total. The van der Waals surface area contributed by atoms with Gasteiger partial charge in [0.25, 0.3) is 0 Å². The van der Waals surface area contributed by atoms with Gasteiger partial charge in [-0.05, 0) is 38.3 Å². The molecule has 0 unspecified atom stereocenters. The van der Waals surface area contributed by atoms with Gasteiger partial charge < -0.3 is 10.6 Å². The van der Waals surface area contributed by atoms with Crippen LogP contribution in [0.2, 0.25) is 0 Å². The summed E-state index contributed by atoms with van der Waals surface area (Å²) in [6, 6.07) is 6.17. The Kier molecular flexibility index (Phi) is 3.43. The molecule has 1 fully saturated rings. The summed E-state index contributed by atoms with van der Waals surface area (Å²) in [6.07, 6.45) is 3.40. The van der Waals surface area contributed by atoms with Crippen molar-refractivity contribution in [1.29, 1.82) is 0 Å². The van der Waals surface area contributed by atoms with Gasteiger partial charge in [0.15, 0.2) is 0 Å². The molecule has 0 heterocycles. The number of hydrogen-bond donors (Lipinski definition) is 2.